The van der Waals surface area contributed by atoms with Crippen molar-refractivity contribution in [2.45, 2.75) is 45.8 Å². The number of benzene rings is 1. The number of halogens is 1. The van der Waals surface area contributed by atoms with Crippen molar-refractivity contribution < 1.29 is 5.11 Å². The first-order valence-corrected chi connectivity index (χ1v) is 7.15. The molecular formula is C15H22ClNO. The summed E-state index contributed by atoms with van der Waals surface area (Å²) in [6, 6.07) is 6.50. The minimum Gasteiger partial charge on any atom is -0.392 e. The van der Waals surface area contributed by atoms with Gasteiger partial charge in [-0.15, -0.1) is 0 Å². The molecule has 1 fully saturated rings. The van der Waals surface area contributed by atoms with E-state index in [1.165, 1.54) is 19.3 Å². The normalized spacial score (nSPS) is 15.2. The molecule has 1 aromatic carbocycles. The SMILES string of the molecule is CC(C)CCN(c1ccc(Cl)cc1CO)C1CC1. The lowest BCUT2D eigenvalue weighted by molar-refractivity contribution is 0.282. The zero-order valence-corrected chi connectivity index (χ0v) is 12.0. The van der Waals surface area contributed by atoms with E-state index < -0.39 is 0 Å². The molecule has 0 aromatic heterocycles. The largest absolute Gasteiger partial charge is 0.392 e. The Labute approximate surface area is 115 Å². The van der Waals surface area contributed by atoms with Gasteiger partial charge in [0.15, 0.2) is 0 Å². The average molecular weight is 268 g/mol. The van der Waals surface area contributed by atoms with E-state index in [2.05, 4.69) is 18.7 Å². The van der Waals surface area contributed by atoms with Crippen LogP contribution in [-0.4, -0.2) is 17.7 Å². The Bertz CT molecular complexity index is 401. The second kappa shape index (κ2) is 5.94. The minimum atomic E-state index is 0.0563. The molecule has 0 amide bonds. The van der Waals surface area contributed by atoms with Gasteiger partial charge in [-0.1, -0.05) is 25.4 Å². The summed E-state index contributed by atoms with van der Waals surface area (Å²) in [7, 11) is 0. The third-order valence-electron chi connectivity index (χ3n) is 3.46. The van der Waals surface area contributed by atoms with Crippen molar-refractivity contribution in [3.05, 3.63) is 28.8 Å². The zero-order valence-electron chi connectivity index (χ0n) is 11.2. The van der Waals surface area contributed by atoms with E-state index in [9.17, 15) is 5.11 Å². The van der Waals surface area contributed by atoms with Crippen LogP contribution in [0.4, 0.5) is 5.69 Å². The molecule has 2 nitrogen and oxygen atoms in total. The van der Waals surface area contributed by atoms with E-state index in [1.807, 2.05) is 18.2 Å². The van der Waals surface area contributed by atoms with Crippen molar-refractivity contribution in [3.8, 4) is 0 Å². The Hall–Kier alpha value is -0.730. The summed E-state index contributed by atoms with van der Waals surface area (Å²) < 4.78 is 0. The average Bonchev–Trinajstić information content (AvgIpc) is 3.15. The van der Waals surface area contributed by atoms with Crippen molar-refractivity contribution in [1.29, 1.82) is 0 Å². The van der Waals surface area contributed by atoms with E-state index >= 15 is 0 Å². The minimum absolute atomic E-state index is 0.0563. The standard InChI is InChI=1S/C15H22ClNO/c1-11(2)7-8-17(14-4-5-14)15-6-3-13(16)9-12(15)10-18/h3,6,9,11,14,18H,4-5,7-8,10H2,1-2H3. The second-order valence-electron chi connectivity index (χ2n) is 5.54. The van der Waals surface area contributed by atoms with Gasteiger partial charge in [-0.25, -0.2) is 0 Å². The molecule has 1 N–H and O–H groups in total. The van der Waals surface area contributed by atoms with E-state index in [-0.39, 0.29) is 6.61 Å². The van der Waals surface area contributed by atoms with Gasteiger partial charge in [0.1, 0.15) is 0 Å². The quantitative estimate of drug-likeness (QED) is 0.846. The number of hydrogen-bond donors (Lipinski definition) is 1. The van der Waals surface area contributed by atoms with Gasteiger partial charge < -0.3 is 10.0 Å². The molecule has 1 aromatic rings. The molecule has 3 heteroatoms. The summed E-state index contributed by atoms with van der Waals surface area (Å²) in [5.41, 5.74) is 2.10. The summed E-state index contributed by atoms with van der Waals surface area (Å²) in [5.74, 6) is 0.705. The zero-order chi connectivity index (χ0) is 13.1. The number of anilines is 1. The number of hydrogen-bond acceptors (Lipinski definition) is 2. The Morgan fingerprint density at radius 1 is 1.39 bits per heavy atom. The molecule has 2 rings (SSSR count). The second-order valence-corrected chi connectivity index (χ2v) is 5.97. The maximum Gasteiger partial charge on any atom is 0.0702 e. The lowest BCUT2D eigenvalue weighted by atomic mass is 10.1. The third kappa shape index (κ3) is 3.39. The van der Waals surface area contributed by atoms with Gasteiger partial charge in [0.05, 0.1) is 6.61 Å². The molecule has 1 saturated carbocycles. The highest BCUT2D eigenvalue weighted by Gasteiger charge is 2.30. The smallest absolute Gasteiger partial charge is 0.0702 e. The maximum absolute atomic E-state index is 9.49. The molecule has 0 saturated heterocycles. The van der Waals surface area contributed by atoms with Gasteiger partial charge in [0.2, 0.25) is 0 Å². The molecule has 0 unspecified atom stereocenters. The summed E-state index contributed by atoms with van der Waals surface area (Å²) in [6.45, 7) is 5.62. The Morgan fingerprint density at radius 3 is 2.67 bits per heavy atom. The van der Waals surface area contributed by atoms with Gasteiger partial charge in [0, 0.05) is 28.9 Å². The summed E-state index contributed by atoms with van der Waals surface area (Å²) in [4.78, 5) is 2.45. The highest BCUT2D eigenvalue weighted by atomic mass is 35.5. The summed E-state index contributed by atoms with van der Waals surface area (Å²) in [6.07, 6.45) is 3.72. The number of aliphatic hydroxyl groups excluding tert-OH is 1. The van der Waals surface area contributed by atoms with Crippen LogP contribution in [0.1, 0.15) is 38.7 Å². The molecule has 0 heterocycles. The fraction of sp³-hybridized carbons (Fsp3) is 0.600. The number of nitrogens with zero attached hydrogens (tertiary/aromatic N) is 1. The van der Waals surface area contributed by atoms with Crippen LogP contribution in [0.3, 0.4) is 0 Å². The molecular weight excluding hydrogens is 246 g/mol. The van der Waals surface area contributed by atoms with Crippen LogP contribution in [0.25, 0.3) is 0 Å². The fourth-order valence-electron chi connectivity index (χ4n) is 2.24. The van der Waals surface area contributed by atoms with E-state index in [1.54, 1.807) is 0 Å². The number of aliphatic hydroxyl groups is 1. The fourth-order valence-corrected chi connectivity index (χ4v) is 2.44. The monoisotopic (exact) mass is 267 g/mol. The first-order chi connectivity index (χ1) is 8.61. The van der Waals surface area contributed by atoms with Crippen LogP contribution >= 0.6 is 11.6 Å². The lowest BCUT2D eigenvalue weighted by Gasteiger charge is -2.27. The van der Waals surface area contributed by atoms with Crippen LogP contribution < -0.4 is 4.90 Å². The molecule has 0 atom stereocenters. The van der Waals surface area contributed by atoms with E-state index in [4.69, 9.17) is 11.6 Å². The third-order valence-corrected chi connectivity index (χ3v) is 3.69. The van der Waals surface area contributed by atoms with Gasteiger partial charge in [-0.2, -0.15) is 0 Å². The predicted octanol–water partition coefficient (Wildman–Crippen LogP) is 3.85. The molecule has 0 radical (unpaired) electrons. The van der Waals surface area contributed by atoms with Crippen molar-refractivity contribution in [1.82, 2.24) is 0 Å². The predicted molar refractivity (Wildman–Crippen MR) is 77.2 cm³/mol. The van der Waals surface area contributed by atoms with Crippen LogP contribution in [0.5, 0.6) is 0 Å². The maximum atomic E-state index is 9.49. The Balaban J connectivity index is 2.19. The van der Waals surface area contributed by atoms with Gasteiger partial charge in [-0.3, -0.25) is 0 Å². The van der Waals surface area contributed by atoms with Crippen molar-refractivity contribution in [2.75, 3.05) is 11.4 Å². The van der Waals surface area contributed by atoms with Crippen LogP contribution in [0.2, 0.25) is 5.02 Å². The highest BCUT2D eigenvalue weighted by Crippen LogP contribution is 2.35. The van der Waals surface area contributed by atoms with Crippen LogP contribution in [0, 0.1) is 5.92 Å². The molecule has 0 aliphatic heterocycles. The van der Waals surface area contributed by atoms with E-state index in [0.29, 0.717) is 17.0 Å². The molecule has 18 heavy (non-hydrogen) atoms. The van der Waals surface area contributed by atoms with Crippen LogP contribution in [-0.2, 0) is 6.61 Å². The van der Waals surface area contributed by atoms with Gasteiger partial charge in [-0.05, 0) is 43.4 Å². The van der Waals surface area contributed by atoms with Crippen molar-refractivity contribution in [3.63, 3.8) is 0 Å². The van der Waals surface area contributed by atoms with Crippen LogP contribution in [0.15, 0.2) is 18.2 Å². The van der Waals surface area contributed by atoms with Gasteiger partial charge >= 0.3 is 0 Å². The van der Waals surface area contributed by atoms with E-state index in [0.717, 1.165) is 17.8 Å². The summed E-state index contributed by atoms with van der Waals surface area (Å²) >= 11 is 5.99. The topological polar surface area (TPSA) is 23.5 Å². The molecule has 100 valence electrons. The summed E-state index contributed by atoms with van der Waals surface area (Å²) in [5, 5.41) is 10.2. The van der Waals surface area contributed by atoms with Gasteiger partial charge in [0.25, 0.3) is 0 Å². The van der Waals surface area contributed by atoms with Crippen molar-refractivity contribution in [2.24, 2.45) is 5.92 Å². The first-order valence-electron chi connectivity index (χ1n) is 6.77. The Morgan fingerprint density at radius 2 is 2.11 bits per heavy atom. The molecule has 0 spiro atoms. The lowest BCUT2D eigenvalue weighted by Crippen LogP contribution is -2.28. The molecule has 1 aliphatic carbocycles. The van der Waals surface area contributed by atoms with Crippen molar-refractivity contribution >= 4 is 17.3 Å². The first kappa shape index (κ1) is 13.7. The Kier molecular flexibility index (Phi) is 4.52. The number of rotatable bonds is 6. The highest BCUT2D eigenvalue weighted by molar-refractivity contribution is 6.30. The molecule has 0 bridgehead atoms. The molecule has 1 aliphatic rings.